The molecule has 0 aromatic heterocycles. The van der Waals surface area contributed by atoms with E-state index in [9.17, 15) is 4.79 Å². The Morgan fingerprint density at radius 2 is 1.89 bits per heavy atom. The van der Waals surface area contributed by atoms with E-state index in [1.165, 1.54) is 0 Å². The van der Waals surface area contributed by atoms with Gasteiger partial charge in [0.15, 0.2) is 0 Å². The van der Waals surface area contributed by atoms with Gasteiger partial charge in [-0.3, -0.25) is 4.79 Å². The summed E-state index contributed by atoms with van der Waals surface area (Å²) in [6, 6.07) is 5.42. The van der Waals surface area contributed by atoms with Gasteiger partial charge in [0.25, 0.3) is 5.91 Å². The maximum absolute atomic E-state index is 12.6. The molecule has 19 heavy (non-hydrogen) atoms. The van der Waals surface area contributed by atoms with Crippen molar-refractivity contribution in [3.8, 4) is 0 Å². The van der Waals surface area contributed by atoms with Crippen molar-refractivity contribution in [3.63, 3.8) is 0 Å². The molecule has 1 unspecified atom stereocenters. The Hall–Kier alpha value is -0.460. The highest BCUT2D eigenvalue weighted by atomic mass is 79.9. The van der Waals surface area contributed by atoms with E-state index in [4.69, 9.17) is 18.0 Å². The molecule has 3 nitrogen and oxygen atoms in total. The van der Waals surface area contributed by atoms with Gasteiger partial charge < -0.3 is 10.6 Å². The molecule has 0 spiro atoms. The van der Waals surface area contributed by atoms with E-state index in [-0.39, 0.29) is 11.9 Å². The van der Waals surface area contributed by atoms with E-state index in [2.05, 4.69) is 31.9 Å². The van der Waals surface area contributed by atoms with Crippen LogP contribution in [-0.2, 0) is 0 Å². The first-order chi connectivity index (χ1) is 8.99. The van der Waals surface area contributed by atoms with Gasteiger partial charge in [-0.05, 0) is 37.5 Å². The Labute approximate surface area is 134 Å². The Balaban J connectivity index is 2.28. The zero-order valence-corrected chi connectivity index (χ0v) is 14.2. The molecule has 1 atom stereocenters. The molecule has 1 heterocycles. The Bertz CT molecular complexity index is 501. The fourth-order valence-electron chi connectivity index (χ4n) is 2.31. The van der Waals surface area contributed by atoms with Gasteiger partial charge in [-0.25, -0.2) is 0 Å². The molecule has 1 aliphatic rings. The minimum atomic E-state index is -0.117. The number of likely N-dealkylation sites (tertiary alicyclic amines) is 1. The highest BCUT2D eigenvalue weighted by Gasteiger charge is 2.29. The number of halogens is 2. The number of rotatable bonds is 2. The van der Waals surface area contributed by atoms with Crippen molar-refractivity contribution in [2.24, 2.45) is 5.73 Å². The van der Waals surface area contributed by atoms with Crippen molar-refractivity contribution in [2.75, 3.05) is 6.54 Å². The van der Waals surface area contributed by atoms with Gasteiger partial charge in [0, 0.05) is 21.1 Å². The average Bonchev–Trinajstić information content (AvgIpc) is 2.36. The summed E-state index contributed by atoms with van der Waals surface area (Å²) in [6.07, 6.45) is 2.92. The van der Waals surface area contributed by atoms with E-state index in [1.54, 1.807) is 4.90 Å². The van der Waals surface area contributed by atoms with E-state index in [0.717, 1.165) is 28.2 Å². The van der Waals surface area contributed by atoms with Crippen LogP contribution in [0.5, 0.6) is 0 Å². The Kier molecular flexibility index (Phi) is 4.97. The molecule has 1 fully saturated rings. The lowest BCUT2D eigenvalue weighted by Gasteiger charge is -2.35. The van der Waals surface area contributed by atoms with Crippen LogP contribution in [-0.4, -0.2) is 28.4 Å². The van der Waals surface area contributed by atoms with E-state index in [0.29, 0.717) is 17.1 Å². The third kappa shape index (κ3) is 3.55. The van der Waals surface area contributed by atoms with Gasteiger partial charge in [0.1, 0.15) is 0 Å². The van der Waals surface area contributed by atoms with Crippen LogP contribution in [0.4, 0.5) is 0 Å². The first-order valence-corrected chi connectivity index (χ1v) is 8.05. The summed E-state index contributed by atoms with van der Waals surface area (Å²) in [6.45, 7) is 0.713. The topological polar surface area (TPSA) is 46.3 Å². The predicted molar refractivity (Wildman–Crippen MR) is 87.3 cm³/mol. The molecule has 0 aliphatic carbocycles. The maximum atomic E-state index is 12.6. The molecule has 0 saturated carbocycles. The molecule has 2 rings (SSSR count). The monoisotopic (exact) mass is 404 g/mol. The number of nitrogens with two attached hydrogens (primary N) is 1. The Morgan fingerprint density at radius 3 is 2.47 bits per heavy atom. The molecular weight excluding hydrogens is 392 g/mol. The zero-order valence-electron chi connectivity index (χ0n) is 10.2. The minimum absolute atomic E-state index is 0.0144. The minimum Gasteiger partial charge on any atom is -0.392 e. The number of carbonyl (C=O) groups excluding carboxylic acids is 1. The van der Waals surface area contributed by atoms with Crippen molar-refractivity contribution in [1.82, 2.24) is 4.90 Å². The van der Waals surface area contributed by atoms with Crippen LogP contribution in [0.15, 0.2) is 27.1 Å². The Morgan fingerprint density at radius 1 is 1.26 bits per heavy atom. The summed E-state index contributed by atoms with van der Waals surface area (Å²) in [5, 5.41) is 0. The third-order valence-electron chi connectivity index (χ3n) is 3.20. The van der Waals surface area contributed by atoms with E-state index >= 15 is 0 Å². The fourth-order valence-corrected chi connectivity index (χ4v) is 3.85. The lowest BCUT2D eigenvalue weighted by molar-refractivity contribution is 0.0681. The standard InChI is InChI=1S/C13H14Br2N2OS/c14-9-5-8(6-10(15)7-9)13(18)17-4-2-1-3-11(17)12(16)19/h5-7,11H,1-4H2,(H2,16,19). The third-order valence-corrected chi connectivity index (χ3v) is 4.39. The molecular formula is C13H14Br2N2OS. The largest absolute Gasteiger partial charge is 0.392 e. The van der Waals surface area contributed by atoms with E-state index < -0.39 is 0 Å². The first-order valence-electron chi connectivity index (χ1n) is 6.05. The van der Waals surface area contributed by atoms with Crippen LogP contribution in [0.3, 0.4) is 0 Å². The van der Waals surface area contributed by atoms with Gasteiger partial charge in [0.05, 0.1) is 11.0 Å². The van der Waals surface area contributed by atoms with E-state index in [1.807, 2.05) is 18.2 Å². The van der Waals surface area contributed by atoms with Crippen molar-refractivity contribution in [2.45, 2.75) is 25.3 Å². The van der Waals surface area contributed by atoms with Gasteiger partial charge in [0.2, 0.25) is 0 Å². The van der Waals surface area contributed by atoms with Gasteiger partial charge in [-0.15, -0.1) is 0 Å². The number of hydrogen-bond acceptors (Lipinski definition) is 2. The second-order valence-electron chi connectivity index (χ2n) is 4.57. The SMILES string of the molecule is NC(=S)C1CCCCN1C(=O)c1cc(Br)cc(Br)c1. The first kappa shape index (κ1) is 14.9. The molecule has 1 aliphatic heterocycles. The van der Waals surface area contributed by atoms with Crippen molar-refractivity contribution in [3.05, 3.63) is 32.7 Å². The van der Waals surface area contributed by atoms with Crippen LogP contribution in [0.25, 0.3) is 0 Å². The zero-order chi connectivity index (χ0) is 14.0. The number of carbonyl (C=O) groups is 1. The number of piperidine rings is 1. The summed E-state index contributed by atoms with van der Waals surface area (Å²) >= 11 is 11.9. The van der Waals surface area contributed by atoms with Gasteiger partial charge in [-0.2, -0.15) is 0 Å². The van der Waals surface area contributed by atoms with Gasteiger partial charge >= 0.3 is 0 Å². The number of nitrogens with zero attached hydrogens (tertiary/aromatic N) is 1. The number of hydrogen-bond donors (Lipinski definition) is 1. The molecule has 1 saturated heterocycles. The molecule has 0 bridgehead atoms. The molecule has 1 amide bonds. The summed E-state index contributed by atoms with van der Waals surface area (Å²) in [4.78, 5) is 14.8. The smallest absolute Gasteiger partial charge is 0.254 e. The quantitative estimate of drug-likeness (QED) is 0.766. The second-order valence-corrected chi connectivity index (χ2v) is 6.87. The lowest BCUT2D eigenvalue weighted by atomic mass is 10.0. The summed E-state index contributed by atoms with van der Waals surface area (Å²) in [5.74, 6) is -0.0144. The second kappa shape index (κ2) is 6.33. The summed E-state index contributed by atoms with van der Waals surface area (Å²) < 4.78 is 1.74. The number of thiocarbonyl (C=S) groups is 1. The van der Waals surface area contributed by atoms with Crippen molar-refractivity contribution < 1.29 is 4.79 Å². The summed E-state index contributed by atoms with van der Waals surface area (Å²) in [5.41, 5.74) is 6.40. The molecule has 1 aromatic rings. The number of amides is 1. The van der Waals surface area contributed by atoms with Crippen LogP contribution in [0.2, 0.25) is 0 Å². The maximum Gasteiger partial charge on any atom is 0.254 e. The van der Waals surface area contributed by atoms with Crippen LogP contribution < -0.4 is 5.73 Å². The van der Waals surface area contributed by atoms with Crippen LogP contribution in [0, 0.1) is 0 Å². The number of benzene rings is 1. The highest BCUT2D eigenvalue weighted by Crippen LogP contribution is 2.24. The normalized spacial score (nSPS) is 19.3. The molecule has 0 radical (unpaired) electrons. The van der Waals surface area contributed by atoms with Crippen molar-refractivity contribution >= 4 is 55.0 Å². The van der Waals surface area contributed by atoms with Crippen molar-refractivity contribution in [1.29, 1.82) is 0 Å². The van der Waals surface area contributed by atoms with Crippen LogP contribution in [0.1, 0.15) is 29.6 Å². The highest BCUT2D eigenvalue weighted by molar-refractivity contribution is 9.11. The molecule has 6 heteroatoms. The fraction of sp³-hybridized carbons (Fsp3) is 0.385. The molecule has 2 N–H and O–H groups in total. The summed E-state index contributed by atoms with van der Waals surface area (Å²) in [7, 11) is 0. The lowest BCUT2D eigenvalue weighted by Crippen LogP contribution is -2.49. The molecule has 102 valence electrons. The predicted octanol–water partition coefficient (Wildman–Crippen LogP) is 3.49. The molecule has 1 aromatic carbocycles. The van der Waals surface area contributed by atoms with Gasteiger partial charge in [-0.1, -0.05) is 44.1 Å². The van der Waals surface area contributed by atoms with Crippen LogP contribution >= 0.6 is 44.1 Å². The average molecular weight is 406 g/mol.